The predicted octanol–water partition coefficient (Wildman–Crippen LogP) is 2.84. The van der Waals surface area contributed by atoms with Crippen molar-refractivity contribution in [2.75, 3.05) is 12.4 Å². The summed E-state index contributed by atoms with van der Waals surface area (Å²) in [6, 6.07) is 8.39. The zero-order valence-electron chi connectivity index (χ0n) is 15.0. The fourth-order valence-electron chi connectivity index (χ4n) is 2.12. The number of hydrogen-bond donors (Lipinski definition) is 2. The van der Waals surface area contributed by atoms with Crippen LogP contribution < -0.4 is 10.6 Å². The molecule has 0 aliphatic carbocycles. The van der Waals surface area contributed by atoms with Crippen molar-refractivity contribution in [3.63, 3.8) is 0 Å². The van der Waals surface area contributed by atoms with Crippen LogP contribution >= 0.6 is 0 Å². The Bertz CT molecular complexity index is 797. The number of benzene rings is 1. The third-order valence-electron chi connectivity index (χ3n) is 3.12. The first-order valence-electron chi connectivity index (χ1n) is 7.81. The number of carbonyl (C=O) groups excluding carboxylic acids is 2. The Morgan fingerprint density at radius 1 is 1.12 bits per heavy atom. The summed E-state index contributed by atoms with van der Waals surface area (Å²) in [4.78, 5) is 32.5. The minimum absolute atomic E-state index is 0.272. The second-order valence-corrected chi connectivity index (χ2v) is 6.62. The lowest BCUT2D eigenvalue weighted by Crippen LogP contribution is -2.41. The second kappa shape index (κ2) is 7.29. The summed E-state index contributed by atoms with van der Waals surface area (Å²) in [7, 11) is 1.33. The molecule has 1 heterocycles. The van der Waals surface area contributed by atoms with E-state index in [0.29, 0.717) is 16.9 Å². The van der Waals surface area contributed by atoms with Crippen molar-refractivity contribution < 1.29 is 14.3 Å². The van der Waals surface area contributed by atoms with Crippen LogP contribution in [0.1, 0.15) is 47.3 Å². The van der Waals surface area contributed by atoms with Crippen LogP contribution in [0.3, 0.4) is 0 Å². The Kier molecular flexibility index (Phi) is 5.36. The molecular formula is C18H22N4O3. The molecule has 0 aliphatic heterocycles. The van der Waals surface area contributed by atoms with E-state index < -0.39 is 5.97 Å². The average Bonchev–Trinajstić information content (AvgIpc) is 2.52. The first-order valence-corrected chi connectivity index (χ1v) is 7.81. The molecule has 0 fully saturated rings. The van der Waals surface area contributed by atoms with Gasteiger partial charge in [-0.3, -0.25) is 4.79 Å². The molecule has 0 spiro atoms. The molecule has 25 heavy (non-hydrogen) atoms. The Balaban J connectivity index is 2.26. The van der Waals surface area contributed by atoms with Gasteiger partial charge in [0.1, 0.15) is 5.69 Å². The molecule has 7 nitrogen and oxygen atoms in total. The number of nitrogens with zero attached hydrogens (tertiary/aromatic N) is 2. The first-order chi connectivity index (χ1) is 11.7. The van der Waals surface area contributed by atoms with Crippen LogP contribution in [0.25, 0.3) is 0 Å². The van der Waals surface area contributed by atoms with Gasteiger partial charge in [0.15, 0.2) is 0 Å². The smallest absolute Gasteiger partial charge is 0.337 e. The van der Waals surface area contributed by atoms with Gasteiger partial charge in [-0.15, -0.1) is 0 Å². The van der Waals surface area contributed by atoms with E-state index in [0.717, 1.165) is 0 Å². The summed E-state index contributed by atoms with van der Waals surface area (Å²) < 4.78 is 4.71. The van der Waals surface area contributed by atoms with Crippen LogP contribution in [-0.2, 0) is 4.74 Å². The zero-order valence-corrected chi connectivity index (χ0v) is 15.0. The summed E-state index contributed by atoms with van der Waals surface area (Å²) in [5.41, 5.74) is 1.59. The third kappa shape index (κ3) is 5.27. The topological polar surface area (TPSA) is 93.2 Å². The number of esters is 1. The van der Waals surface area contributed by atoms with E-state index in [1.165, 1.54) is 7.11 Å². The second-order valence-electron chi connectivity index (χ2n) is 6.62. The summed E-state index contributed by atoms with van der Waals surface area (Å²) in [6.45, 7) is 7.48. The Labute approximate surface area is 146 Å². The first kappa shape index (κ1) is 18.4. The van der Waals surface area contributed by atoms with Gasteiger partial charge in [-0.25, -0.2) is 14.8 Å². The Hall–Kier alpha value is -2.96. The van der Waals surface area contributed by atoms with Crippen molar-refractivity contribution in [3.05, 3.63) is 47.3 Å². The molecule has 0 radical (unpaired) electrons. The SMILES string of the molecule is COC(=O)c1cccc(Nc2nc(C)cc(C(=O)NC(C)(C)C)n2)c1. The molecule has 0 aliphatic rings. The number of nitrogens with one attached hydrogen (secondary N) is 2. The molecule has 7 heteroatoms. The van der Waals surface area contributed by atoms with Crippen LogP contribution in [0.15, 0.2) is 30.3 Å². The molecule has 0 unspecified atom stereocenters. The molecule has 0 saturated heterocycles. The van der Waals surface area contributed by atoms with Crippen molar-refractivity contribution in [1.82, 2.24) is 15.3 Å². The van der Waals surface area contributed by atoms with E-state index in [-0.39, 0.29) is 23.1 Å². The lowest BCUT2D eigenvalue weighted by molar-refractivity contribution is 0.0600. The highest BCUT2D eigenvalue weighted by Gasteiger charge is 2.17. The monoisotopic (exact) mass is 342 g/mol. The van der Waals surface area contributed by atoms with E-state index in [1.54, 1.807) is 37.3 Å². The molecule has 0 bridgehead atoms. The highest BCUT2D eigenvalue weighted by atomic mass is 16.5. The normalized spacial score (nSPS) is 10.9. The molecule has 1 amide bonds. The predicted molar refractivity (Wildman–Crippen MR) is 95.1 cm³/mol. The van der Waals surface area contributed by atoms with E-state index in [1.807, 2.05) is 20.8 Å². The molecule has 1 aromatic carbocycles. The minimum atomic E-state index is -0.431. The quantitative estimate of drug-likeness (QED) is 0.830. The summed E-state index contributed by atoms with van der Waals surface area (Å²) in [5.74, 6) is -0.426. The molecule has 2 aromatic rings. The van der Waals surface area contributed by atoms with Gasteiger partial charge in [0, 0.05) is 16.9 Å². The summed E-state index contributed by atoms with van der Waals surface area (Å²) >= 11 is 0. The molecule has 132 valence electrons. The fraction of sp³-hybridized carbons (Fsp3) is 0.333. The highest BCUT2D eigenvalue weighted by Crippen LogP contribution is 2.16. The standard InChI is InChI=1S/C18H22N4O3/c1-11-9-14(15(23)22-18(2,3)4)21-17(19-11)20-13-8-6-7-12(10-13)16(24)25-5/h6-10H,1-5H3,(H,22,23)(H,19,20,21). The molecule has 2 N–H and O–H groups in total. The van der Waals surface area contributed by atoms with Crippen LogP contribution in [0, 0.1) is 6.92 Å². The number of ether oxygens (including phenoxy) is 1. The highest BCUT2D eigenvalue weighted by molar-refractivity contribution is 5.93. The maximum atomic E-state index is 12.3. The molecule has 0 saturated carbocycles. The third-order valence-corrected chi connectivity index (χ3v) is 3.12. The van der Waals surface area contributed by atoms with Gasteiger partial charge in [0.05, 0.1) is 12.7 Å². The number of hydrogen-bond acceptors (Lipinski definition) is 6. The summed E-state index contributed by atoms with van der Waals surface area (Å²) in [5, 5.41) is 5.88. The van der Waals surface area contributed by atoms with Gasteiger partial charge in [-0.05, 0) is 52.0 Å². The fourth-order valence-corrected chi connectivity index (χ4v) is 2.12. The number of aromatic nitrogens is 2. The van der Waals surface area contributed by atoms with E-state index >= 15 is 0 Å². The number of carbonyl (C=O) groups is 2. The van der Waals surface area contributed by atoms with Crippen LogP contribution in [0.5, 0.6) is 0 Å². The number of methoxy groups -OCH3 is 1. The van der Waals surface area contributed by atoms with Gasteiger partial charge < -0.3 is 15.4 Å². The van der Waals surface area contributed by atoms with Gasteiger partial charge >= 0.3 is 5.97 Å². The van der Waals surface area contributed by atoms with Crippen LogP contribution in [0.2, 0.25) is 0 Å². The van der Waals surface area contributed by atoms with E-state index in [2.05, 4.69) is 20.6 Å². The van der Waals surface area contributed by atoms with Gasteiger partial charge in [-0.1, -0.05) is 6.07 Å². The maximum absolute atomic E-state index is 12.3. The molecule has 0 atom stereocenters. The van der Waals surface area contributed by atoms with Gasteiger partial charge in [0.25, 0.3) is 5.91 Å². The van der Waals surface area contributed by atoms with Crippen molar-refractivity contribution in [2.45, 2.75) is 33.2 Å². The lowest BCUT2D eigenvalue weighted by atomic mass is 10.1. The van der Waals surface area contributed by atoms with Crippen molar-refractivity contribution >= 4 is 23.5 Å². The van der Waals surface area contributed by atoms with Crippen molar-refractivity contribution in [1.29, 1.82) is 0 Å². The van der Waals surface area contributed by atoms with E-state index in [9.17, 15) is 9.59 Å². The molecular weight excluding hydrogens is 320 g/mol. The largest absolute Gasteiger partial charge is 0.465 e. The Morgan fingerprint density at radius 3 is 2.48 bits per heavy atom. The molecule has 2 rings (SSSR count). The van der Waals surface area contributed by atoms with Crippen LogP contribution in [-0.4, -0.2) is 34.5 Å². The number of rotatable bonds is 4. The summed E-state index contributed by atoms with van der Waals surface area (Å²) in [6.07, 6.45) is 0. The zero-order chi connectivity index (χ0) is 18.6. The van der Waals surface area contributed by atoms with E-state index in [4.69, 9.17) is 4.74 Å². The van der Waals surface area contributed by atoms with Crippen molar-refractivity contribution in [3.8, 4) is 0 Å². The minimum Gasteiger partial charge on any atom is -0.465 e. The lowest BCUT2D eigenvalue weighted by Gasteiger charge is -2.20. The number of amides is 1. The van der Waals surface area contributed by atoms with Crippen LogP contribution in [0.4, 0.5) is 11.6 Å². The number of aryl methyl sites for hydroxylation is 1. The number of anilines is 2. The van der Waals surface area contributed by atoms with Gasteiger partial charge in [-0.2, -0.15) is 0 Å². The van der Waals surface area contributed by atoms with Gasteiger partial charge in [0.2, 0.25) is 5.95 Å². The average molecular weight is 342 g/mol. The molecule has 1 aromatic heterocycles. The maximum Gasteiger partial charge on any atom is 0.337 e. The Morgan fingerprint density at radius 2 is 1.84 bits per heavy atom. The van der Waals surface area contributed by atoms with Crippen molar-refractivity contribution in [2.24, 2.45) is 0 Å².